The molecule has 2 heteroatoms. The molecule has 0 fully saturated rings. The zero-order valence-corrected chi connectivity index (χ0v) is 12.2. The highest BCUT2D eigenvalue weighted by Gasteiger charge is 2.11. The van der Waals surface area contributed by atoms with Gasteiger partial charge in [0.25, 0.3) is 0 Å². The van der Waals surface area contributed by atoms with Crippen molar-refractivity contribution in [2.75, 3.05) is 0 Å². The first-order valence-electron chi connectivity index (χ1n) is 7.28. The Hall–Kier alpha value is -3.05. The lowest BCUT2D eigenvalue weighted by Crippen LogP contribution is -1.86. The fourth-order valence-electron chi connectivity index (χ4n) is 3.13. The Labute approximate surface area is 128 Å². The number of rotatable bonds is 1. The molecule has 0 radical (unpaired) electrons. The lowest BCUT2D eigenvalue weighted by Gasteiger charge is -2.08. The Morgan fingerprint density at radius 2 is 1.68 bits per heavy atom. The van der Waals surface area contributed by atoms with Crippen LogP contribution in [-0.4, -0.2) is 4.98 Å². The largest absolute Gasteiger partial charge is 0.354 e. The van der Waals surface area contributed by atoms with Gasteiger partial charge >= 0.3 is 0 Å². The number of fused-ring (bicyclic) bond motifs is 3. The molecule has 4 rings (SSSR count). The second-order valence-corrected chi connectivity index (χ2v) is 5.54. The molecule has 0 saturated heterocycles. The molecule has 0 spiro atoms. The van der Waals surface area contributed by atoms with E-state index in [1.54, 1.807) is 0 Å². The van der Waals surface area contributed by atoms with Crippen LogP contribution in [0.25, 0.3) is 32.9 Å². The first-order valence-corrected chi connectivity index (χ1v) is 7.28. The van der Waals surface area contributed by atoms with Gasteiger partial charge in [-0.1, -0.05) is 42.5 Å². The summed E-state index contributed by atoms with van der Waals surface area (Å²) in [5.74, 6) is 0. The van der Waals surface area contributed by atoms with Crippen LogP contribution >= 0.6 is 0 Å². The third-order valence-electron chi connectivity index (χ3n) is 4.19. The molecule has 0 bridgehead atoms. The first-order chi connectivity index (χ1) is 10.8. The second-order valence-electron chi connectivity index (χ2n) is 5.54. The topological polar surface area (TPSA) is 39.6 Å². The molecule has 0 unspecified atom stereocenters. The smallest absolute Gasteiger partial charge is 0.0991 e. The highest BCUT2D eigenvalue weighted by Crippen LogP contribution is 2.34. The van der Waals surface area contributed by atoms with E-state index in [1.807, 2.05) is 24.3 Å². The number of nitriles is 1. The minimum absolute atomic E-state index is 0.699. The number of para-hydroxylation sites is 2. The van der Waals surface area contributed by atoms with Crippen LogP contribution in [0.1, 0.15) is 11.1 Å². The van der Waals surface area contributed by atoms with Crippen molar-refractivity contribution in [3.8, 4) is 17.2 Å². The standard InChI is InChI=1S/C20H14N2/c1-13-11-14(12-21)9-10-15(13)17-6-4-7-18-16-5-2-3-8-19(16)22-20(17)18/h2-11,22H,1H3. The predicted octanol–water partition coefficient (Wildman–Crippen LogP) is 5.17. The lowest BCUT2D eigenvalue weighted by molar-refractivity contribution is 1.41. The molecule has 0 aliphatic carbocycles. The van der Waals surface area contributed by atoms with E-state index in [0.29, 0.717) is 5.56 Å². The summed E-state index contributed by atoms with van der Waals surface area (Å²) in [7, 11) is 0. The maximum Gasteiger partial charge on any atom is 0.0991 e. The minimum Gasteiger partial charge on any atom is -0.354 e. The van der Waals surface area contributed by atoms with Crippen LogP contribution in [0.4, 0.5) is 0 Å². The summed E-state index contributed by atoms with van der Waals surface area (Å²) >= 11 is 0. The van der Waals surface area contributed by atoms with Gasteiger partial charge in [0.1, 0.15) is 0 Å². The van der Waals surface area contributed by atoms with E-state index >= 15 is 0 Å². The number of nitrogens with zero attached hydrogens (tertiary/aromatic N) is 1. The zero-order chi connectivity index (χ0) is 15.1. The van der Waals surface area contributed by atoms with E-state index in [1.165, 1.54) is 16.3 Å². The molecule has 22 heavy (non-hydrogen) atoms. The third kappa shape index (κ3) is 1.80. The van der Waals surface area contributed by atoms with Crippen LogP contribution in [0.5, 0.6) is 0 Å². The van der Waals surface area contributed by atoms with Crippen LogP contribution in [0.3, 0.4) is 0 Å². The average molecular weight is 282 g/mol. The van der Waals surface area contributed by atoms with Gasteiger partial charge in [-0.05, 0) is 36.2 Å². The molecule has 3 aromatic carbocycles. The Morgan fingerprint density at radius 3 is 2.50 bits per heavy atom. The fourth-order valence-corrected chi connectivity index (χ4v) is 3.13. The molecule has 0 aliphatic rings. The number of aromatic amines is 1. The number of aryl methyl sites for hydroxylation is 1. The Morgan fingerprint density at radius 1 is 0.864 bits per heavy atom. The summed E-state index contributed by atoms with van der Waals surface area (Å²) in [4.78, 5) is 3.54. The molecule has 1 heterocycles. The van der Waals surface area contributed by atoms with Crippen LogP contribution in [0.2, 0.25) is 0 Å². The summed E-state index contributed by atoms with van der Waals surface area (Å²) in [5.41, 5.74) is 6.45. The van der Waals surface area contributed by atoms with Crippen molar-refractivity contribution >= 4 is 21.8 Å². The van der Waals surface area contributed by atoms with E-state index < -0.39 is 0 Å². The summed E-state index contributed by atoms with van der Waals surface area (Å²) in [6, 6.07) is 22.8. The van der Waals surface area contributed by atoms with Gasteiger partial charge in [-0.2, -0.15) is 5.26 Å². The summed E-state index contributed by atoms with van der Waals surface area (Å²) < 4.78 is 0. The van der Waals surface area contributed by atoms with Crippen LogP contribution in [0.15, 0.2) is 60.7 Å². The fraction of sp³-hybridized carbons (Fsp3) is 0.0500. The first kappa shape index (κ1) is 12.7. The summed E-state index contributed by atoms with van der Waals surface area (Å²) in [6.07, 6.45) is 0. The Bertz CT molecular complexity index is 1050. The lowest BCUT2D eigenvalue weighted by atomic mass is 9.97. The van der Waals surface area contributed by atoms with Crippen LogP contribution < -0.4 is 0 Å². The van der Waals surface area contributed by atoms with Crippen molar-refractivity contribution in [1.29, 1.82) is 5.26 Å². The third-order valence-corrected chi connectivity index (χ3v) is 4.19. The highest BCUT2D eigenvalue weighted by molar-refractivity contribution is 6.11. The highest BCUT2D eigenvalue weighted by atomic mass is 14.7. The average Bonchev–Trinajstić information content (AvgIpc) is 2.93. The van der Waals surface area contributed by atoms with Crippen LogP contribution in [-0.2, 0) is 0 Å². The molecular weight excluding hydrogens is 268 g/mol. The molecule has 4 aromatic rings. The number of aromatic nitrogens is 1. The molecule has 1 aromatic heterocycles. The van der Waals surface area contributed by atoms with Crippen LogP contribution in [0, 0.1) is 18.3 Å². The van der Waals surface area contributed by atoms with Crippen molar-refractivity contribution in [3.63, 3.8) is 0 Å². The van der Waals surface area contributed by atoms with E-state index in [2.05, 4.69) is 54.4 Å². The van der Waals surface area contributed by atoms with Gasteiger partial charge in [-0.15, -0.1) is 0 Å². The number of benzene rings is 3. The van der Waals surface area contributed by atoms with E-state index in [-0.39, 0.29) is 0 Å². The molecule has 0 atom stereocenters. The van der Waals surface area contributed by atoms with Gasteiger partial charge in [0.2, 0.25) is 0 Å². The molecule has 2 nitrogen and oxygen atoms in total. The van der Waals surface area contributed by atoms with E-state index in [0.717, 1.165) is 22.2 Å². The SMILES string of the molecule is Cc1cc(C#N)ccc1-c1cccc2c1[nH]c1ccccc12. The zero-order valence-electron chi connectivity index (χ0n) is 12.2. The van der Waals surface area contributed by atoms with E-state index in [9.17, 15) is 0 Å². The predicted molar refractivity (Wildman–Crippen MR) is 90.7 cm³/mol. The Balaban J connectivity index is 2.05. The van der Waals surface area contributed by atoms with Gasteiger partial charge < -0.3 is 4.98 Å². The number of hydrogen-bond acceptors (Lipinski definition) is 1. The van der Waals surface area contributed by atoms with Gasteiger partial charge in [0, 0.05) is 21.9 Å². The van der Waals surface area contributed by atoms with Crippen molar-refractivity contribution in [2.24, 2.45) is 0 Å². The van der Waals surface area contributed by atoms with Gasteiger partial charge in [0.05, 0.1) is 17.1 Å². The van der Waals surface area contributed by atoms with Crippen molar-refractivity contribution in [1.82, 2.24) is 4.98 Å². The molecule has 104 valence electrons. The normalized spacial score (nSPS) is 10.9. The van der Waals surface area contributed by atoms with Crippen molar-refractivity contribution in [2.45, 2.75) is 6.92 Å². The molecule has 0 aliphatic heterocycles. The maximum absolute atomic E-state index is 9.03. The van der Waals surface area contributed by atoms with Gasteiger partial charge in [0.15, 0.2) is 0 Å². The van der Waals surface area contributed by atoms with Crippen molar-refractivity contribution in [3.05, 3.63) is 71.8 Å². The Kier molecular flexibility index (Phi) is 2.74. The number of nitrogens with one attached hydrogen (secondary N) is 1. The minimum atomic E-state index is 0.699. The quantitative estimate of drug-likeness (QED) is 0.514. The maximum atomic E-state index is 9.03. The molecular formula is C20H14N2. The van der Waals surface area contributed by atoms with Gasteiger partial charge in [-0.3, -0.25) is 0 Å². The molecule has 1 N–H and O–H groups in total. The summed E-state index contributed by atoms with van der Waals surface area (Å²) in [6.45, 7) is 2.05. The second kappa shape index (κ2) is 4.75. The number of hydrogen-bond donors (Lipinski definition) is 1. The van der Waals surface area contributed by atoms with E-state index in [4.69, 9.17) is 5.26 Å². The number of H-pyrrole nitrogens is 1. The monoisotopic (exact) mass is 282 g/mol. The van der Waals surface area contributed by atoms with Gasteiger partial charge in [-0.25, -0.2) is 0 Å². The molecule has 0 saturated carbocycles. The van der Waals surface area contributed by atoms with Crippen molar-refractivity contribution < 1.29 is 0 Å². The molecule has 0 amide bonds. The summed E-state index contributed by atoms with van der Waals surface area (Å²) in [5, 5.41) is 11.5.